The zero-order valence-corrected chi connectivity index (χ0v) is 12.1. The lowest BCUT2D eigenvalue weighted by molar-refractivity contribution is -0.483. The summed E-state index contributed by atoms with van der Waals surface area (Å²) in [5.41, 5.74) is 0.904. The predicted molar refractivity (Wildman–Crippen MR) is 78.5 cm³/mol. The molecule has 6 heteroatoms. The Morgan fingerprint density at radius 2 is 2.00 bits per heavy atom. The summed E-state index contributed by atoms with van der Waals surface area (Å²) in [5.74, 6) is 0.523. The molecule has 5 nitrogen and oxygen atoms in total. The molecule has 0 bridgehead atoms. The molecule has 0 N–H and O–H groups in total. The number of methoxy groups -OCH3 is 1. The molecule has 19 heavy (non-hydrogen) atoms. The van der Waals surface area contributed by atoms with E-state index >= 15 is 0 Å². The van der Waals surface area contributed by atoms with Crippen molar-refractivity contribution < 1.29 is 9.66 Å². The molecule has 1 aromatic carbocycles. The number of thiocarbonyl (C=S) groups is 1. The van der Waals surface area contributed by atoms with Crippen LogP contribution < -0.4 is 4.74 Å². The van der Waals surface area contributed by atoms with Crippen LogP contribution in [0.2, 0.25) is 0 Å². The summed E-state index contributed by atoms with van der Waals surface area (Å²) < 4.78 is 5.08. The van der Waals surface area contributed by atoms with Crippen molar-refractivity contribution in [2.45, 2.75) is 12.3 Å². The van der Waals surface area contributed by atoms with Gasteiger partial charge in [-0.05, 0) is 17.7 Å². The molecule has 0 aromatic heterocycles. The highest BCUT2D eigenvalue weighted by Gasteiger charge is 2.20. The van der Waals surface area contributed by atoms with E-state index in [1.807, 2.05) is 31.1 Å². The SMILES string of the molecule is COc1ccc([C@@H](CC(=S)N(C)C)C[N+](=O)[O-])cc1. The summed E-state index contributed by atoms with van der Waals surface area (Å²) in [5, 5.41) is 10.8. The Hall–Kier alpha value is -1.69. The van der Waals surface area contributed by atoms with Crippen LogP contribution in [0.15, 0.2) is 24.3 Å². The van der Waals surface area contributed by atoms with Crippen LogP contribution in [0.25, 0.3) is 0 Å². The van der Waals surface area contributed by atoms with Crippen LogP contribution in [0.1, 0.15) is 17.9 Å². The van der Waals surface area contributed by atoms with E-state index in [9.17, 15) is 10.1 Å². The van der Waals surface area contributed by atoms with Crippen LogP contribution in [-0.4, -0.2) is 42.6 Å². The van der Waals surface area contributed by atoms with Gasteiger partial charge in [0.25, 0.3) is 0 Å². The number of benzene rings is 1. The van der Waals surface area contributed by atoms with Crippen molar-refractivity contribution in [2.75, 3.05) is 27.7 Å². The van der Waals surface area contributed by atoms with Gasteiger partial charge < -0.3 is 9.64 Å². The van der Waals surface area contributed by atoms with Crippen molar-refractivity contribution >= 4 is 17.2 Å². The Kier molecular flexibility index (Phi) is 5.69. The van der Waals surface area contributed by atoms with Gasteiger partial charge in [0.05, 0.1) is 18.0 Å². The van der Waals surface area contributed by atoms with Gasteiger partial charge in [0.2, 0.25) is 6.54 Å². The second-order valence-corrected chi connectivity index (χ2v) is 4.95. The van der Waals surface area contributed by atoms with Crippen LogP contribution in [-0.2, 0) is 0 Å². The first-order chi connectivity index (χ1) is 8.93. The van der Waals surface area contributed by atoms with Crippen LogP contribution in [0.5, 0.6) is 5.75 Å². The third-order valence-corrected chi connectivity index (χ3v) is 3.41. The van der Waals surface area contributed by atoms with Crippen molar-refractivity contribution in [1.82, 2.24) is 4.90 Å². The first kappa shape index (κ1) is 15.4. The lowest BCUT2D eigenvalue weighted by atomic mass is 9.95. The Morgan fingerprint density at radius 3 is 2.42 bits per heavy atom. The van der Waals surface area contributed by atoms with Gasteiger partial charge in [-0.25, -0.2) is 0 Å². The van der Waals surface area contributed by atoms with Crippen molar-refractivity contribution in [3.8, 4) is 5.75 Å². The van der Waals surface area contributed by atoms with E-state index in [2.05, 4.69) is 0 Å². The van der Waals surface area contributed by atoms with Gasteiger partial charge in [0.15, 0.2) is 0 Å². The van der Waals surface area contributed by atoms with E-state index in [4.69, 9.17) is 17.0 Å². The fourth-order valence-corrected chi connectivity index (χ4v) is 1.94. The normalized spacial score (nSPS) is 11.7. The highest BCUT2D eigenvalue weighted by Crippen LogP contribution is 2.23. The third-order valence-electron chi connectivity index (χ3n) is 2.88. The summed E-state index contributed by atoms with van der Waals surface area (Å²) in [6.07, 6.45) is 0.496. The Balaban J connectivity index is 2.88. The highest BCUT2D eigenvalue weighted by molar-refractivity contribution is 7.80. The number of ether oxygens (including phenoxy) is 1. The lowest BCUT2D eigenvalue weighted by Crippen LogP contribution is -2.24. The predicted octanol–water partition coefficient (Wildman–Crippen LogP) is 2.33. The van der Waals surface area contributed by atoms with E-state index in [0.717, 1.165) is 11.3 Å². The molecular formula is C13H18N2O3S. The summed E-state index contributed by atoms with van der Waals surface area (Å²) in [4.78, 5) is 13.0. The first-order valence-corrected chi connectivity index (χ1v) is 6.30. The molecule has 0 saturated carbocycles. The second-order valence-electron chi connectivity index (χ2n) is 4.48. The summed E-state index contributed by atoms with van der Waals surface area (Å²) >= 11 is 5.23. The second kappa shape index (κ2) is 7.04. The molecule has 0 radical (unpaired) electrons. The number of hydrogen-bond donors (Lipinski definition) is 0. The summed E-state index contributed by atoms with van der Waals surface area (Å²) in [7, 11) is 5.28. The van der Waals surface area contributed by atoms with Gasteiger partial charge in [0.1, 0.15) is 5.75 Å². The molecule has 1 aromatic rings. The standard InChI is InChI=1S/C13H18N2O3S/c1-14(2)13(19)8-11(9-15(16)17)10-4-6-12(18-3)7-5-10/h4-7,11H,8-9H2,1-3H3/t11-/m0/s1. The zero-order valence-electron chi connectivity index (χ0n) is 11.3. The Bertz CT molecular complexity index is 446. The Morgan fingerprint density at radius 1 is 1.42 bits per heavy atom. The number of hydrogen-bond acceptors (Lipinski definition) is 4. The summed E-state index contributed by atoms with van der Waals surface area (Å²) in [6, 6.07) is 7.32. The molecule has 0 fully saturated rings. The lowest BCUT2D eigenvalue weighted by Gasteiger charge is -2.19. The minimum atomic E-state index is -0.298. The molecule has 0 aliphatic carbocycles. The van der Waals surface area contributed by atoms with E-state index < -0.39 is 0 Å². The molecule has 1 atom stereocenters. The molecule has 104 valence electrons. The maximum Gasteiger partial charge on any atom is 0.211 e. The molecule has 0 aliphatic rings. The molecule has 0 spiro atoms. The van der Waals surface area contributed by atoms with Gasteiger partial charge >= 0.3 is 0 Å². The minimum Gasteiger partial charge on any atom is -0.497 e. The van der Waals surface area contributed by atoms with Crippen LogP contribution in [0.3, 0.4) is 0 Å². The quantitative estimate of drug-likeness (QED) is 0.455. The van der Waals surface area contributed by atoms with E-state index in [0.29, 0.717) is 11.4 Å². The molecule has 1 rings (SSSR count). The first-order valence-electron chi connectivity index (χ1n) is 5.90. The fraction of sp³-hybridized carbons (Fsp3) is 0.462. The average molecular weight is 282 g/mol. The highest BCUT2D eigenvalue weighted by atomic mass is 32.1. The zero-order chi connectivity index (χ0) is 14.4. The minimum absolute atomic E-state index is 0.125. The van der Waals surface area contributed by atoms with Gasteiger partial charge in [0, 0.05) is 25.4 Å². The van der Waals surface area contributed by atoms with Crippen molar-refractivity contribution in [1.29, 1.82) is 0 Å². The van der Waals surface area contributed by atoms with Crippen LogP contribution in [0, 0.1) is 10.1 Å². The summed E-state index contributed by atoms with van der Waals surface area (Å²) in [6.45, 7) is -0.125. The Labute approximate surface area is 118 Å². The van der Waals surface area contributed by atoms with Crippen LogP contribution in [0.4, 0.5) is 0 Å². The van der Waals surface area contributed by atoms with E-state index in [1.165, 1.54) is 0 Å². The van der Waals surface area contributed by atoms with Gasteiger partial charge in [-0.15, -0.1) is 0 Å². The molecule has 0 amide bonds. The molecule has 0 saturated heterocycles. The fourth-order valence-electron chi connectivity index (χ4n) is 1.74. The number of nitrogens with zero attached hydrogens (tertiary/aromatic N) is 2. The van der Waals surface area contributed by atoms with Crippen LogP contribution >= 0.6 is 12.2 Å². The maximum absolute atomic E-state index is 10.8. The number of rotatable bonds is 6. The van der Waals surface area contributed by atoms with Crippen molar-refractivity contribution in [3.63, 3.8) is 0 Å². The topological polar surface area (TPSA) is 55.6 Å². The van der Waals surface area contributed by atoms with Crippen molar-refractivity contribution in [2.24, 2.45) is 0 Å². The monoisotopic (exact) mass is 282 g/mol. The molecular weight excluding hydrogens is 264 g/mol. The van der Waals surface area contributed by atoms with Gasteiger partial charge in [-0.2, -0.15) is 0 Å². The van der Waals surface area contributed by atoms with Gasteiger partial charge in [-0.3, -0.25) is 10.1 Å². The van der Waals surface area contributed by atoms with E-state index in [1.54, 1.807) is 19.2 Å². The maximum atomic E-state index is 10.8. The average Bonchev–Trinajstić information content (AvgIpc) is 2.37. The van der Waals surface area contributed by atoms with E-state index in [-0.39, 0.29) is 17.4 Å². The molecule has 0 aliphatic heterocycles. The third kappa shape index (κ3) is 4.82. The molecule has 0 unspecified atom stereocenters. The smallest absolute Gasteiger partial charge is 0.211 e. The van der Waals surface area contributed by atoms with Gasteiger partial charge in [-0.1, -0.05) is 24.4 Å². The van der Waals surface area contributed by atoms with Crippen molar-refractivity contribution in [3.05, 3.63) is 39.9 Å². The molecule has 0 heterocycles. The largest absolute Gasteiger partial charge is 0.497 e. The number of nitro groups is 1.